The fraction of sp³-hybridized carbons (Fsp3) is 0.435. The average molecular weight is 389 g/mol. The first kappa shape index (κ1) is 16.7. The normalized spacial score (nSPS) is 28.1. The molecule has 28 heavy (non-hydrogen) atoms. The maximum atomic E-state index is 4.95. The molecule has 4 bridgehead atoms. The van der Waals surface area contributed by atoms with E-state index >= 15 is 0 Å². The number of aryl methyl sites for hydroxylation is 1. The van der Waals surface area contributed by atoms with E-state index in [1.54, 1.807) is 11.3 Å². The first-order valence-electron chi connectivity index (χ1n) is 10.4. The Balaban J connectivity index is 1.36. The van der Waals surface area contributed by atoms with E-state index in [2.05, 4.69) is 51.8 Å². The van der Waals surface area contributed by atoms with Crippen molar-refractivity contribution in [3.63, 3.8) is 0 Å². The fourth-order valence-electron chi connectivity index (χ4n) is 5.83. The Bertz CT molecular complexity index is 1040. The Kier molecular flexibility index (Phi) is 3.80. The maximum absolute atomic E-state index is 4.95. The van der Waals surface area contributed by atoms with Crippen molar-refractivity contribution >= 4 is 33.1 Å². The predicted octanol–water partition coefficient (Wildman–Crippen LogP) is 5.89. The summed E-state index contributed by atoms with van der Waals surface area (Å²) in [6, 6.07) is 12.7. The summed E-state index contributed by atoms with van der Waals surface area (Å²) in [5.74, 6) is 4.96. The number of nitrogens with one attached hydrogen (secondary N) is 1. The van der Waals surface area contributed by atoms with Crippen LogP contribution < -0.4 is 5.43 Å². The van der Waals surface area contributed by atoms with Crippen LogP contribution in [0.1, 0.15) is 37.9 Å². The third-order valence-corrected chi connectivity index (χ3v) is 7.91. The monoisotopic (exact) mass is 388 g/mol. The van der Waals surface area contributed by atoms with Gasteiger partial charge in [0.25, 0.3) is 0 Å². The Labute approximate surface area is 169 Å². The number of rotatable bonds is 3. The van der Waals surface area contributed by atoms with Gasteiger partial charge in [-0.05, 0) is 74.3 Å². The number of anilines is 1. The molecule has 4 aliphatic carbocycles. The summed E-state index contributed by atoms with van der Waals surface area (Å²) in [6.07, 6.45) is 6.87. The highest BCUT2D eigenvalue weighted by molar-refractivity contribution is 7.21. The van der Waals surface area contributed by atoms with Crippen molar-refractivity contribution in [3.8, 4) is 10.4 Å². The Hall–Kier alpha value is -2.27. The van der Waals surface area contributed by atoms with E-state index in [0.29, 0.717) is 11.8 Å². The number of hydrogen-bond acceptors (Lipinski definition) is 5. The first-order chi connectivity index (χ1) is 13.7. The molecule has 0 saturated heterocycles. The summed E-state index contributed by atoms with van der Waals surface area (Å²) in [4.78, 5) is 11.6. The molecule has 7 rings (SSSR count). The third kappa shape index (κ3) is 2.75. The lowest BCUT2D eigenvalue weighted by atomic mass is 9.55. The lowest BCUT2D eigenvalue weighted by molar-refractivity contribution is 0.108. The van der Waals surface area contributed by atoms with Gasteiger partial charge in [0.2, 0.25) is 0 Å². The molecule has 0 amide bonds. The molecule has 3 aromatic rings. The Morgan fingerprint density at radius 3 is 2.39 bits per heavy atom. The number of benzene rings is 1. The van der Waals surface area contributed by atoms with Crippen molar-refractivity contribution in [1.29, 1.82) is 0 Å². The van der Waals surface area contributed by atoms with E-state index in [1.807, 2.05) is 6.92 Å². The van der Waals surface area contributed by atoms with E-state index in [4.69, 9.17) is 5.10 Å². The van der Waals surface area contributed by atoms with Crippen molar-refractivity contribution in [2.24, 2.45) is 28.8 Å². The van der Waals surface area contributed by atoms with Crippen LogP contribution in [0.3, 0.4) is 0 Å². The highest BCUT2D eigenvalue weighted by atomic mass is 32.1. The zero-order chi connectivity index (χ0) is 18.7. The number of nitrogens with zero attached hydrogens (tertiary/aromatic N) is 3. The van der Waals surface area contributed by atoms with Gasteiger partial charge < -0.3 is 0 Å². The van der Waals surface area contributed by atoms with Gasteiger partial charge in [0, 0.05) is 10.6 Å². The topological polar surface area (TPSA) is 50.2 Å². The lowest BCUT2D eigenvalue weighted by Crippen LogP contribution is -2.45. The lowest BCUT2D eigenvalue weighted by Gasteiger charge is -2.50. The van der Waals surface area contributed by atoms with Gasteiger partial charge in [0.1, 0.15) is 10.7 Å². The van der Waals surface area contributed by atoms with Crippen LogP contribution >= 0.6 is 11.3 Å². The van der Waals surface area contributed by atoms with Gasteiger partial charge in [0.15, 0.2) is 5.82 Å². The molecule has 2 heterocycles. The molecule has 5 heteroatoms. The molecule has 4 aliphatic rings. The largest absolute Gasteiger partial charge is 0.261 e. The molecule has 0 unspecified atom stereocenters. The summed E-state index contributed by atoms with van der Waals surface area (Å²) >= 11 is 1.72. The van der Waals surface area contributed by atoms with Gasteiger partial charge in [-0.15, -0.1) is 11.3 Å². The van der Waals surface area contributed by atoms with Crippen molar-refractivity contribution in [2.75, 3.05) is 5.43 Å². The van der Waals surface area contributed by atoms with Crippen LogP contribution in [0.5, 0.6) is 0 Å². The van der Waals surface area contributed by atoms with Crippen molar-refractivity contribution in [3.05, 3.63) is 42.2 Å². The number of hydrogen-bond donors (Lipinski definition) is 1. The molecule has 0 radical (unpaired) electrons. The fourth-order valence-corrected chi connectivity index (χ4v) is 6.91. The third-order valence-electron chi connectivity index (χ3n) is 6.83. The zero-order valence-electron chi connectivity index (χ0n) is 16.1. The molecular weight excluding hydrogens is 364 g/mol. The zero-order valence-corrected chi connectivity index (χ0v) is 16.9. The summed E-state index contributed by atoms with van der Waals surface area (Å²) in [7, 11) is 0. The van der Waals surface area contributed by atoms with E-state index in [0.717, 1.165) is 33.7 Å². The summed E-state index contributed by atoms with van der Waals surface area (Å²) in [5.41, 5.74) is 6.00. The first-order valence-corrected chi connectivity index (χ1v) is 11.2. The summed E-state index contributed by atoms with van der Waals surface area (Å²) < 4.78 is 0. The minimum Gasteiger partial charge on any atom is -0.261 e. The number of aromatic nitrogens is 2. The number of thiophene rings is 1. The predicted molar refractivity (Wildman–Crippen MR) is 116 cm³/mol. The molecule has 1 aromatic carbocycles. The molecule has 0 aliphatic heterocycles. The van der Waals surface area contributed by atoms with Gasteiger partial charge in [-0.25, -0.2) is 9.97 Å². The van der Waals surface area contributed by atoms with E-state index in [-0.39, 0.29) is 0 Å². The second-order valence-corrected chi connectivity index (χ2v) is 9.80. The maximum Gasteiger partial charge on any atom is 0.158 e. The molecule has 142 valence electrons. The molecule has 0 spiro atoms. The van der Waals surface area contributed by atoms with Crippen LogP contribution in [0.25, 0.3) is 20.7 Å². The van der Waals surface area contributed by atoms with Crippen LogP contribution in [0.2, 0.25) is 0 Å². The minimum absolute atomic E-state index is 0.699. The van der Waals surface area contributed by atoms with Crippen LogP contribution in [-0.4, -0.2) is 15.7 Å². The molecule has 4 fully saturated rings. The average Bonchev–Trinajstić information content (AvgIpc) is 3.11. The highest BCUT2D eigenvalue weighted by Crippen LogP contribution is 2.52. The molecular formula is C23H24N4S. The second-order valence-electron chi connectivity index (χ2n) is 8.77. The molecule has 4 saturated carbocycles. The van der Waals surface area contributed by atoms with Crippen LogP contribution in [0.15, 0.2) is 41.5 Å². The van der Waals surface area contributed by atoms with Crippen LogP contribution in [-0.2, 0) is 0 Å². The van der Waals surface area contributed by atoms with Crippen molar-refractivity contribution < 1.29 is 0 Å². The van der Waals surface area contributed by atoms with E-state index in [9.17, 15) is 0 Å². The van der Waals surface area contributed by atoms with Gasteiger partial charge in [-0.3, -0.25) is 5.43 Å². The second kappa shape index (κ2) is 6.38. The molecule has 2 aromatic heterocycles. The summed E-state index contributed by atoms with van der Waals surface area (Å²) in [6.45, 7) is 1.96. The van der Waals surface area contributed by atoms with Gasteiger partial charge in [-0.1, -0.05) is 30.3 Å². The quantitative estimate of drug-likeness (QED) is 0.569. The molecule has 4 nitrogen and oxygen atoms in total. The van der Waals surface area contributed by atoms with Gasteiger partial charge >= 0.3 is 0 Å². The Morgan fingerprint density at radius 1 is 0.964 bits per heavy atom. The van der Waals surface area contributed by atoms with Gasteiger partial charge in [0.05, 0.1) is 5.39 Å². The van der Waals surface area contributed by atoms with E-state index in [1.165, 1.54) is 48.3 Å². The molecule has 1 N–H and O–H groups in total. The number of hydrazone groups is 1. The molecule has 0 atom stereocenters. The highest BCUT2D eigenvalue weighted by Gasteiger charge is 2.46. The van der Waals surface area contributed by atoms with Crippen molar-refractivity contribution in [1.82, 2.24) is 9.97 Å². The Morgan fingerprint density at radius 2 is 1.68 bits per heavy atom. The minimum atomic E-state index is 0.699. The number of fused-ring (bicyclic) bond motifs is 1. The van der Waals surface area contributed by atoms with Gasteiger partial charge in [-0.2, -0.15) is 5.10 Å². The van der Waals surface area contributed by atoms with Crippen LogP contribution in [0.4, 0.5) is 5.82 Å². The summed E-state index contributed by atoms with van der Waals surface area (Å²) in [5, 5.41) is 6.02. The van der Waals surface area contributed by atoms with Crippen molar-refractivity contribution in [2.45, 2.75) is 39.0 Å². The standard InChI is InChI=1S/C23H24N4S/c1-13-24-22(19-12-20(28-23(19)25-13)16-5-3-2-4-6-16)27-26-21-17-8-14-7-15(10-17)11-18(21)9-14/h2-6,12,14-15,17-18H,7-11H2,1H3,(H,24,25,27). The van der Waals surface area contributed by atoms with E-state index < -0.39 is 0 Å². The van der Waals surface area contributed by atoms with Crippen LogP contribution in [0, 0.1) is 30.6 Å². The SMILES string of the molecule is Cc1nc(NN=C2C3CC4CC(C3)CC2C4)c2cc(-c3ccccc3)sc2n1. The smallest absolute Gasteiger partial charge is 0.158 e.